The Morgan fingerprint density at radius 3 is 2.86 bits per heavy atom. The molecule has 1 aromatic carbocycles. The Balaban J connectivity index is 1.66. The first-order valence-corrected chi connectivity index (χ1v) is 7.35. The zero-order valence-corrected chi connectivity index (χ0v) is 12.6. The van der Waals surface area contributed by atoms with Crippen LogP contribution in [0.3, 0.4) is 0 Å². The number of hydrogen-bond acceptors (Lipinski definition) is 3. The fraction of sp³-hybridized carbons (Fsp3) is 0.250. The number of carbonyl (C=O) groups excluding carboxylic acids is 2. The van der Waals surface area contributed by atoms with Crippen LogP contribution < -0.4 is 5.32 Å². The van der Waals surface area contributed by atoms with E-state index in [9.17, 15) is 9.59 Å². The molecule has 0 radical (unpaired) electrons. The van der Waals surface area contributed by atoms with Gasteiger partial charge in [-0.15, -0.1) is 0 Å². The van der Waals surface area contributed by atoms with E-state index in [1.165, 1.54) is 4.90 Å². The number of furan rings is 1. The number of fused-ring (bicyclic) bond motifs is 1. The highest BCUT2D eigenvalue weighted by Gasteiger charge is 2.37. The first-order chi connectivity index (χ1) is 10.5. The van der Waals surface area contributed by atoms with Gasteiger partial charge in [-0.05, 0) is 12.1 Å². The van der Waals surface area contributed by atoms with Crippen LogP contribution in [-0.4, -0.2) is 29.4 Å². The minimum atomic E-state index is -0.617. The molecule has 1 unspecified atom stereocenters. The second-order valence-corrected chi connectivity index (χ2v) is 5.75. The van der Waals surface area contributed by atoms with Crippen LogP contribution >= 0.6 is 11.6 Å². The van der Waals surface area contributed by atoms with Crippen LogP contribution in [0, 0.1) is 0 Å². The molecule has 3 amide bonds. The van der Waals surface area contributed by atoms with Gasteiger partial charge >= 0.3 is 6.03 Å². The van der Waals surface area contributed by atoms with Gasteiger partial charge in [-0.3, -0.25) is 9.69 Å². The lowest BCUT2D eigenvalue weighted by Crippen LogP contribution is -2.33. The molecule has 0 spiro atoms. The van der Waals surface area contributed by atoms with Gasteiger partial charge in [0.05, 0.1) is 0 Å². The predicted octanol–water partition coefficient (Wildman–Crippen LogP) is 3.04. The summed E-state index contributed by atoms with van der Waals surface area (Å²) >= 11 is 5.71. The monoisotopic (exact) mass is 318 g/mol. The van der Waals surface area contributed by atoms with Gasteiger partial charge < -0.3 is 9.73 Å². The highest BCUT2D eigenvalue weighted by atomic mass is 35.5. The average Bonchev–Trinajstić information content (AvgIpc) is 2.98. The van der Waals surface area contributed by atoms with Crippen molar-refractivity contribution >= 4 is 34.5 Å². The second kappa shape index (κ2) is 5.85. The Bertz CT molecular complexity index is 720. The van der Waals surface area contributed by atoms with E-state index in [0.717, 1.165) is 16.7 Å². The van der Waals surface area contributed by atoms with Crippen molar-refractivity contribution < 1.29 is 14.0 Å². The summed E-state index contributed by atoms with van der Waals surface area (Å²) in [5, 5.41) is 3.96. The smallest absolute Gasteiger partial charge is 0.324 e. The van der Waals surface area contributed by atoms with Crippen molar-refractivity contribution in [2.24, 2.45) is 0 Å². The lowest BCUT2D eigenvalue weighted by molar-refractivity contribution is -0.127. The van der Waals surface area contributed by atoms with Crippen LogP contribution in [0.4, 0.5) is 4.79 Å². The van der Waals surface area contributed by atoms with Crippen LogP contribution in [-0.2, 0) is 11.2 Å². The first kappa shape index (κ1) is 14.7. The summed E-state index contributed by atoms with van der Waals surface area (Å²) in [6.07, 6.45) is 0.718. The zero-order chi connectivity index (χ0) is 15.7. The SMILES string of the molecule is C=C(Cl)CC1NC(=O)N(CCc2cc3ccccc3o2)C1=O. The predicted molar refractivity (Wildman–Crippen MR) is 83.6 cm³/mol. The molecule has 2 aromatic rings. The first-order valence-electron chi connectivity index (χ1n) is 6.97. The summed E-state index contributed by atoms with van der Waals surface area (Å²) in [6, 6.07) is 8.58. The quantitative estimate of drug-likeness (QED) is 0.862. The standard InChI is InChI=1S/C16H15ClN2O3/c1-10(17)8-13-15(20)19(16(21)18-13)7-6-12-9-11-4-2-3-5-14(11)22-12/h2-5,9,13H,1,6-8H2,(H,18,21). The van der Waals surface area contributed by atoms with E-state index in [2.05, 4.69) is 11.9 Å². The van der Waals surface area contributed by atoms with Crippen molar-refractivity contribution in [2.75, 3.05) is 6.54 Å². The Kier molecular flexibility index (Phi) is 3.90. The van der Waals surface area contributed by atoms with E-state index in [0.29, 0.717) is 11.5 Å². The lowest BCUT2D eigenvalue weighted by atomic mass is 10.2. The summed E-state index contributed by atoms with van der Waals surface area (Å²) < 4.78 is 5.68. The third-order valence-electron chi connectivity index (χ3n) is 3.59. The maximum Gasteiger partial charge on any atom is 0.324 e. The Labute approximate surface area is 132 Å². The molecule has 1 aliphatic heterocycles. The number of para-hydroxylation sites is 1. The highest BCUT2D eigenvalue weighted by Crippen LogP contribution is 2.20. The van der Waals surface area contributed by atoms with Gasteiger partial charge in [-0.2, -0.15) is 0 Å². The molecule has 1 N–H and O–H groups in total. The molecule has 1 aromatic heterocycles. The molecule has 0 saturated carbocycles. The third kappa shape index (κ3) is 2.85. The number of rotatable bonds is 5. The molecule has 2 heterocycles. The number of nitrogens with zero attached hydrogens (tertiary/aromatic N) is 1. The molecule has 3 rings (SSSR count). The van der Waals surface area contributed by atoms with E-state index in [-0.39, 0.29) is 18.9 Å². The van der Waals surface area contributed by atoms with Gasteiger partial charge in [0.25, 0.3) is 5.91 Å². The maximum atomic E-state index is 12.2. The number of halogens is 1. The van der Waals surface area contributed by atoms with Gasteiger partial charge in [-0.25, -0.2) is 4.79 Å². The van der Waals surface area contributed by atoms with Crippen molar-refractivity contribution in [3.05, 3.63) is 47.7 Å². The molecule has 1 saturated heterocycles. The molecule has 6 heteroatoms. The van der Waals surface area contributed by atoms with Crippen LogP contribution in [0.5, 0.6) is 0 Å². The number of amides is 3. The van der Waals surface area contributed by atoms with Gasteiger partial charge in [0.2, 0.25) is 0 Å². The molecule has 1 fully saturated rings. The topological polar surface area (TPSA) is 62.6 Å². The Morgan fingerprint density at radius 2 is 2.14 bits per heavy atom. The van der Waals surface area contributed by atoms with E-state index in [1.807, 2.05) is 30.3 Å². The molecular weight excluding hydrogens is 304 g/mol. The van der Waals surface area contributed by atoms with Crippen molar-refractivity contribution in [3.8, 4) is 0 Å². The van der Waals surface area contributed by atoms with Crippen LogP contribution in [0.1, 0.15) is 12.2 Å². The normalized spacial score (nSPS) is 18.0. The number of benzene rings is 1. The molecule has 114 valence electrons. The largest absolute Gasteiger partial charge is 0.461 e. The fourth-order valence-corrected chi connectivity index (χ4v) is 2.68. The molecule has 1 atom stereocenters. The Morgan fingerprint density at radius 1 is 1.36 bits per heavy atom. The van der Waals surface area contributed by atoms with Crippen molar-refractivity contribution in [3.63, 3.8) is 0 Å². The van der Waals surface area contributed by atoms with Crippen LogP contribution in [0.2, 0.25) is 0 Å². The number of urea groups is 1. The Hall–Kier alpha value is -2.27. The lowest BCUT2D eigenvalue weighted by Gasteiger charge is -2.11. The summed E-state index contributed by atoms with van der Waals surface area (Å²) in [5.41, 5.74) is 0.797. The summed E-state index contributed by atoms with van der Waals surface area (Å²) in [6.45, 7) is 3.82. The van der Waals surface area contributed by atoms with Crippen LogP contribution in [0.15, 0.2) is 46.4 Å². The van der Waals surface area contributed by atoms with Crippen LogP contribution in [0.25, 0.3) is 11.0 Å². The maximum absolute atomic E-state index is 12.2. The van der Waals surface area contributed by atoms with E-state index >= 15 is 0 Å². The molecular formula is C16H15ClN2O3. The highest BCUT2D eigenvalue weighted by molar-refractivity contribution is 6.29. The summed E-state index contributed by atoms with van der Waals surface area (Å²) in [7, 11) is 0. The minimum absolute atomic E-state index is 0.243. The molecule has 1 aliphatic rings. The number of carbonyl (C=O) groups is 2. The summed E-state index contributed by atoms with van der Waals surface area (Å²) in [4.78, 5) is 25.2. The molecule has 22 heavy (non-hydrogen) atoms. The molecule has 0 aliphatic carbocycles. The second-order valence-electron chi connectivity index (χ2n) is 5.21. The van der Waals surface area contributed by atoms with Gasteiger partial charge in [-0.1, -0.05) is 36.4 Å². The van der Waals surface area contributed by atoms with Crippen molar-refractivity contribution in [1.29, 1.82) is 0 Å². The average molecular weight is 319 g/mol. The van der Waals surface area contributed by atoms with Crippen molar-refractivity contribution in [2.45, 2.75) is 18.9 Å². The third-order valence-corrected chi connectivity index (χ3v) is 3.75. The van der Waals surface area contributed by atoms with Crippen molar-refractivity contribution in [1.82, 2.24) is 10.2 Å². The van der Waals surface area contributed by atoms with Gasteiger partial charge in [0.1, 0.15) is 17.4 Å². The molecule has 5 nitrogen and oxygen atoms in total. The van der Waals surface area contributed by atoms with E-state index in [1.54, 1.807) is 0 Å². The van der Waals surface area contributed by atoms with E-state index in [4.69, 9.17) is 16.0 Å². The fourth-order valence-electron chi connectivity index (χ4n) is 2.53. The zero-order valence-electron chi connectivity index (χ0n) is 11.8. The number of imide groups is 1. The number of hydrogen-bond donors (Lipinski definition) is 1. The summed E-state index contributed by atoms with van der Waals surface area (Å²) in [5.74, 6) is 0.468. The van der Waals surface area contributed by atoms with E-state index < -0.39 is 12.1 Å². The minimum Gasteiger partial charge on any atom is -0.461 e. The number of nitrogens with one attached hydrogen (secondary N) is 1. The van der Waals surface area contributed by atoms with Gasteiger partial charge in [0.15, 0.2) is 0 Å². The molecule has 0 bridgehead atoms. The van der Waals surface area contributed by atoms with Gasteiger partial charge in [0, 0.05) is 29.8 Å².